The molecule has 0 saturated carbocycles. The summed E-state index contributed by atoms with van der Waals surface area (Å²) in [4.78, 5) is 17.0. The lowest BCUT2D eigenvalue weighted by Crippen LogP contribution is -2.11. The zero-order valence-corrected chi connectivity index (χ0v) is 16.5. The largest absolute Gasteiger partial charge is 0.497 e. The van der Waals surface area contributed by atoms with Gasteiger partial charge in [0.25, 0.3) is 5.91 Å². The van der Waals surface area contributed by atoms with Crippen LogP contribution >= 0.6 is 11.3 Å². The van der Waals surface area contributed by atoms with Crippen LogP contribution in [0.1, 0.15) is 10.5 Å². The van der Waals surface area contributed by atoms with Crippen LogP contribution in [-0.2, 0) is 0 Å². The molecule has 7 nitrogen and oxygen atoms in total. The van der Waals surface area contributed by atoms with E-state index in [0.717, 1.165) is 22.6 Å². The van der Waals surface area contributed by atoms with Crippen molar-refractivity contribution in [3.05, 3.63) is 65.7 Å². The molecule has 4 rings (SSSR count). The number of nitrogens with zero attached hydrogens (tertiary/aromatic N) is 2. The standard InChI is InChI=1S/C21H17N3O4S/c1-26-14-9-7-13(8-10-14)17-12-29-21(22-17)23-20(25)16-11-19(28-24-16)15-5-3-4-6-18(15)27-2/h3-12H,1-2H3,(H,22,23,25). The van der Waals surface area contributed by atoms with Gasteiger partial charge in [-0.3, -0.25) is 10.1 Å². The molecule has 2 aromatic heterocycles. The van der Waals surface area contributed by atoms with Crippen LogP contribution < -0.4 is 14.8 Å². The Morgan fingerprint density at radius 3 is 2.62 bits per heavy atom. The van der Waals surface area contributed by atoms with E-state index in [1.54, 1.807) is 20.3 Å². The van der Waals surface area contributed by atoms with Gasteiger partial charge in [0.15, 0.2) is 16.6 Å². The molecule has 0 spiro atoms. The maximum absolute atomic E-state index is 12.5. The van der Waals surface area contributed by atoms with Crippen molar-refractivity contribution in [2.24, 2.45) is 0 Å². The summed E-state index contributed by atoms with van der Waals surface area (Å²) in [6, 6.07) is 16.5. The molecule has 146 valence electrons. The van der Waals surface area contributed by atoms with Crippen LogP contribution in [0.3, 0.4) is 0 Å². The summed E-state index contributed by atoms with van der Waals surface area (Å²) in [5.74, 6) is 1.46. The highest BCUT2D eigenvalue weighted by Crippen LogP contribution is 2.30. The third kappa shape index (κ3) is 3.97. The van der Waals surface area contributed by atoms with E-state index in [1.807, 2.05) is 53.9 Å². The Bertz CT molecular complexity index is 1130. The molecule has 0 saturated heterocycles. The molecule has 2 aromatic carbocycles. The van der Waals surface area contributed by atoms with Crippen molar-refractivity contribution in [3.63, 3.8) is 0 Å². The topological polar surface area (TPSA) is 86.5 Å². The van der Waals surface area contributed by atoms with Crippen molar-refractivity contribution in [2.75, 3.05) is 19.5 Å². The number of hydrogen-bond acceptors (Lipinski definition) is 7. The second-order valence-electron chi connectivity index (χ2n) is 6.00. The predicted molar refractivity (Wildman–Crippen MR) is 111 cm³/mol. The van der Waals surface area contributed by atoms with E-state index in [4.69, 9.17) is 14.0 Å². The summed E-state index contributed by atoms with van der Waals surface area (Å²) in [5.41, 5.74) is 2.58. The summed E-state index contributed by atoms with van der Waals surface area (Å²) < 4.78 is 15.8. The van der Waals surface area contributed by atoms with Crippen molar-refractivity contribution >= 4 is 22.4 Å². The van der Waals surface area contributed by atoms with Crippen LogP contribution in [0.15, 0.2) is 64.5 Å². The van der Waals surface area contributed by atoms with Crippen LogP contribution in [-0.4, -0.2) is 30.3 Å². The van der Waals surface area contributed by atoms with Gasteiger partial charge in [0.05, 0.1) is 25.5 Å². The minimum atomic E-state index is -0.398. The molecule has 29 heavy (non-hydrogen) atoms. The van der Waals surface area contributed by atoms with E-state index < -0.39 is 5.91 Å². The van der Waals surface area contributed by atoms with Gasteiger partial charge in [0.1, 0.15) is 11.5 Å². The molecule has 0 fully saturated rings. The molecule has 0 atom stereocenters. The minimum Gasteiger partial charge on any atom is -0.497 e. The first-order valence-corrected chi connectivity index (χ1v) is 9.57. The molecule has 2 heterocycles. The third-order valence-electron chi connectivity index (χ3n) is 4.23. The lowest BCUT2D eigenvalue weighted by Gasteiger charge is -2.03. The number of aromatic nitrogens is 2. The van der Waals surface area contributed by atoms with Crippen LogP contribution in [0.5, 0.6) is 11.5 Å². The predicted octanol–water partition coefficient (Wildman–Crippen LogP) is 4.73. The number of rotatable bonds is 6. The number of amides is 1. The Morgan fingerprint density at radius 1 is 1.07 bits per heavy atom. The number of methoxy groups -OCH3 is 2. The molecule has 1 N–H and O–H groups in total. The number of ether oxygens (including phenoxy) is 2. The number of hydrogen-bond donors (Lipinski definition) is 1. The zero-order chi connectivity index (χ0) is 20.2. The lowest BCUT2D eigenvalue weighted by atomic mass is 10.1. The fourth-order valence-corrected chi connectivity index (χ4v) is 3.46. The number of anilines is 1. The summed E-state index contributed by atoms with van der Waals surface area (Å²) >= 11 is 1.33. The van der Waals surface area contributed by atoms with Crippen molar-refractivity contribution in [3.8, 4) is 34.1 Å². The molecular formula is C21H17N3O4S. The molecule has 1 amide bonds. The monoisotopic (exact) mass is 407 g/mol. The average Bonchev–Trinajstić information content (AvgIpc) is 3.44. The third-order valence-corrected chi connectivity index (χ3v) is 4.98. The van der Waals surface area contributed by atoms with Crippen molar-refractivity contribution in [1.82, 2.24) is 10.1 Å². The number of carbonyl (C=O) groups is 1. The Labute approximate surface area is 170 Å². The van der Waals surface area contributed by atoms with Gasteiger partial charge in [-0.2, -0.15) is 0 Å². The SMILES string of the molecule is COc1ccc(-c2csc(NC(=O)c3cc(-c4ccccc4OC)on3)n2)cc1. The Kier molecular flexibility index (Phi) is 5.26. The molecule has 0 unspecified atom stereocenters. The van der Waals surface area contributed by atoms with Crippen LogP contribution in [0.2, 0.25) is 0 Å². The Hall–Kier alpha value is -3.65. The van der Waals surface area contributed by atoms with Crippen molar-refractivity contribution in [2.45, 2.75) is 0 Å². The van der Waals surface area contributed by atoms with Gasteiger partial charge in [0, 0.05) is 17.0 Å². The highest BCUT2D eigenvalue weighted by Gasteiger charge is 2.17. The zero-order valence-electron chi connectivity index (χ0n) is 15.7. The highest BCUT2D eigenvalue weighted by atomic mass is 32.1. The molecule has 0 aliphatic heterocycles. The van der Waals surface area contributed by atoms with E-state index in [9.17, 15) is 4.79 Å². The van der Waals surface area contributed by atoms with Gasteiger partial charge in [-0.05, 0) is 36.4 Å². The Balaban J connectivity index is 1.49. The quantitative estimate of drug-likeness (QED) is 0.497. The first-order valence-electron chi connectivity index (χ1n) is 8.69. The van der Waals surface area contributed by atoms with Gasteiger partial charge in [-0.25, -0.2) is 4.98 Å². The maximum Gasteiger partial charge on any atom is 0.279 e. The molecule has 0 bridgehead atoms. The van der Waals surface area contributed by atoms with Gasteiger partial charge in [-0.1, -0.05) is 17.3 Å². The fourth-order valence-electron chi connectivity index (χ4n) is 2.74. The molecule has 0 aliphatic rings. The van der Waals surface area contributed by atoms with E-state index in [-0.39, 0.29) is 5.69 Å². The number of para-hydroxylation sites is 1. The second-order valence-corrected chi connectivity index (χ2v) is 6.86. The first kappa shape index (κ1) is 18.7. The summed E-state index contributed by atoms with van der Waals surface area (Å²) in [6.45, 7) is 0. The van der Waals surface area contributed by atoms with Crippen LogP contribution in [0.4, 0.5) is 5.13 Å². The minimum absolute atomic E-state index is 0.159. The molecular weight excluding hydrogens is 390 g/mol. The van der Waals surface area contributed by atoms with E-state index >= 15 is 0 Å². The number of nitrogens with one attached hydrogen (secondary N) is 1. The van der Waals surface area contributed by atoms with E-state index in [2.05, 4.69) is 15.5 Å². The molecule has 0 aliphatic carbocycles. The van der Waals surface area contributed by atoms with Crippen molar-refractivity contribution < 1.29 is 18.8 Å². The maximum atomic E-state index is 12.5. The normalized spacial score (nSPS) is 10.6. The highest BCUT2D eigenvalue weighted by molar-refractivity contribution is 7.14. The van der Waals surface area contributed by atoms with E-state index in [1.165, 1.54) is 11.3 Å². The van der Waals surface area contributed by atoms with Gasteiger partial charge >= 0.3 is 0 Å². The van der Waals surface area contributed by atoms with Gasteiger partial charge in [0.2, 0.25) is 0 Å². The first-order chi connectivity index (χ1) is 14.2. The average molecular weight is 407 g/mol. The summed E-state index contributed by atoms with van der Waals surface area (Å²) in [6.07, 6.45) is 0. The number of benzene rings is 2. The molecule has 8 heteroatoms. The van der Waals surface area contributed by atoms with E-state index in [0.29, 0.717) is 16.6 Å². The molecule has 0 radical (unpaired) electrons. The smallest absolute Gasteiger partial charge is 0.279 e. The summed E-state index contributed by atoms with van der Waals surface area (Å²) in [7, 11) is 3.19. The Morgan fingerprint density at radius 2 is 1.86 bits per heavy atom. The second kappa shape index (κ2) is 8.15. The summed E-state index contributed by atoms with van der Waals surface area (Å²) in [5, 5.41) is 8.97. The van der Waals surface area contributed by atoms with Crippen molar-refractivity contribution in [1.29, 1.82) is 0 Å². The fraction of sp³-hybridized carbons (Fsp3) is 0.0952. The van der Waals surface area contributed by atoms with Crippen LogP contribution in [0.25, 0.3) is 22.6 Å². The van der Waals surface area contributed by atoms with Gasteiger partial charge < -0.3 is 14.0 Å². The number of carbonyl (C=O) groups excluding carboxylic acids is 1. The van der Waals surface area contributed by atoms with Gasteiger partial charge in [-0.15, -0.1) is 11.3 Å². The number of thiazole rings is 1. The van der Waals surface area contributed by atoms with Crippen LogP contribution in [0, 0.1) is 0 Å². The molecule has 4 aromatic rings. The lowest BCUT2D eigenvalue weighted by molar-refractivity contribution is 0.101.